The van der Waals surface area contributed by atoms with Gasteiger partial charge in [0.2, 0.25) is 5.78 Å². The fraction of sp³-hybridized carbons (Fsp3) is 0.0870. The topological polar surface area (TPSA) is 17.1 Å². The van der Waals surface area contributed by atoms with Crippen LogP contribution >= 0.6 is 0 Å². The molecule has 24 heavy (non-hydrogen) atoms. The molecule has 0 bridgehead atoms. The predicted molar refractivity (Wildman–Crippen MR) is 97.7 cm³/mol. The van der Waals surface area contributed by atoms with Gasteiger partial charge in [0, 0.05) is 5.56 Å². The van der Waals surface area contributed by atoms with Crippen molar-refractivity contribution in [1.29, 1.82) is 0 Å². The summed E-state index contributed by atoms with van der Waals surface area (Å²) in [6.45, 7) is 0. The minimum atomic E-state index is -0.246. The molecule has 0 aliphatic carbocycles. The van der Waals surface area contributed by atoms with Crippen LogP contribution in [0.5, 0.6) is 0 Å². The summed E-state index contributed by atoms with van der Waals surface area (Å²) >= 11 is 0. The molecule has 3 aromatic carbocycles. The molecular formula is C23H18O. The molecule has 0 aromatic heterocycles. The molecule has 0 saturated heterocycles. The summed E-state index contributed by atoms with van der Waals surface area (Å²) in [4.78, 5) is 12.7. The number of ketones is 1. The Labute approximate surface area is 143 Å². The maximum atomic E-state index is 12.7. The molecule has 0 radical (unpaired) electrons. The van der Waals surface area contributed by atoms with E-state index in [4.69, 9.17) is 0 Å². The van der Waals surface area contributed by atoms with Crippen LogP contribution in [0.2, 0.25) is 0 Å². The first-order chi connectivity index (χ1) is 11.8. The van der Waals surface area contributed by atoms with Crippen molar-refractivity contribution < 1.29 is 4.79 Å². The molecule has 3 rings (SSSR count). The second-order valence-electron chi connectivity index (χ2n) is 5.63. The van der Waals surface area contributed by atoms with Crippen LogP contribution in [0.15, 0.2) is 91.0 Å². The van der Waals surface area contributed by atoms with E-state index in [1.165, 1.54) is 0 Å². The first-order valence-corrected chi connectivity index (χ1v) is 8.03. The molecule has 3 aromatic rings. The van der Waals surface area contributed by atoms with Crippen molar-refractivity contribution in [3.05, 3.63) is 108 Å². The van der Waals surface area contributed by atoms with Crippen molar-refractivity contribution >= 4 is 5.78 Å². The second-order valence-corrected chi connectivity index (χ2v) is 5.63. The van der Waals surface area contributed by atoms with Crippen LogP contribution in [0.25, 0.3) is 0 Å². The summed E-state index contributed by atoms with van der Waals surface area (Å²) < 4.78 is 0. The molecule has 1 unspecified atom stereocenters. The van der Waals surface area contributed by atoms with Crippen molar-refractivity contribution in [3.8, 4) is 11.8 Å². The highest BCUT2D eigenvalue weighted by Gasteiger charge is 2.19. The number of carbonyl (C=O) groups is 1. The highest BCUT2D eigenvalue weighted by atomic mass is 16.1. The largest absolute Gasteiger partial charge is 0.284 e. The molecule has 0 aliphatic heterocycles. The van der Waals surface area contributed by atoms with Gasteiger partial charge in [-0.05, 0) is 35.6 Å². The van der Waals surface area contributed by atoms with Crippen LogP contribution in [0.1, 0.15) is 22.6 Å². The highest BCUT2D eigenvalue weighted by Crippen LogP contribution is 2.22. The van der Waals surface area contributed by atoms with E-state index in [0.29, 0.717) is 6.42 Å². The lowest BCUT2D eigenvalue weighted by atomic mass is 9.88. The lowest BCUT2D eigenvalue weighted by Crippen LogP contribution is -2.13. The SMILES string of the molecule is O=C(C#Cc1ccccc1)C(Cc1ccccc1)c1ccccc1. The van der Waals surface area contributed by atoms with Crippen molar-refractivity contribution in [3.63, 3.8) is 0 Å². The van der Waals surface area contributed by atoms with Gasteiger partial charge in [-0.15, -0.1) is 0 Å². The van der Waals surface area contributed by atoms with Crippen LogP contribution in [-0.4, -0.2) is 5.78 Å². The summed E-state index contributed by atoms with van der Waals surface area (Å²) in [5.74, 6) is 5.52. The third kappa shape index (κ3) is 4.21. The average molecular weight is 310 g/mol. The zero-order chi connectivity index (χ0) is 16.6. The molecule has 0 N–H and O–H groups in total. The third-order valence-electron chi connectivity index (χ3n) is 3.90. The van der Waals surface area contributed by atoms with Gasteiger partial charge < -0.3 is 0 Å². The number of carbonyl (C=O) groups excluding carboxylic acids is 1. The van der Waals surface area contributed by atoms with E-state index in [1.54, 1.807) is 0 Å². The van der Waals surface area contributed by atoms with Gasteiger partial charge in [-0.3, -0.25) is 4.79 Å². The summed E-state index contributed by atoms with van der Waals surface area (Å²) in [7, 11) is 0. The Morgan fingerprint density at radius 3 is 1.92 bits per heavy atom. The number of Topliss-reactive ketones (excluding diaryl/α,β-unsaturated/α-hetero) is 1. The summed E-state index contributed by atoms with van der Waals surface area (Å²) in [6.07, 6.45) is 0.660. The Kier molecular flexibility index (Phi) is 5.22. The minimum Gasteiger partial charge on any atom is -0.284 e. The van der Waals surface area contributed by atoms with Gasteiger partial charge in [-0.2, -0.15) is 0 Å². The Balaban J connectivity index is 1.87. The Hall–Kier alpha value is -3.11. The van der Waals surface area contributed by atoms with Crippen molar-refractivity contribution in [1.82, 2.24) is 0 Å². The zero-order valence-electron chi connectivity index (χ0n) is 13.4. The van der Waals surface area contributed by atoms with Crippen molar-refractivity contribution in [2.24, 2.45) is 0 Å². The molecule has 116 valence electrons. The van der Waals surface area contributed by atoms with E-state index < -0.39 is 0 Å². The maximum Gasteiger partial charge on any atom is 0.213 e. The van der Waals surface area contributed by atoms with Crippen LogP contribution < -0.4 is 0 Å². The van der Waals surface area contributed by atoms with E-state index in [2.05, 4.69) is 11.8 Å². The predicted octanol–water partition coefficient (Wildman–Crippen LogP) is 4.63. The van der Waals surface area contributed by atoms with Gasteiger partial charge in [0.25, 0.3) is 0 Å². The van der Waals surface area contributed by atoms with Crippen LogP contribution in [0.3, 0.4) is 0 Å². The molecule has 0 amide bonds. The van der Waals surface area contributed by atoms with E-state index in [1.807, 2.05) is 91.0 Å². The molecule has 0 aliphatic rings. The summed E-state index contributed by atoms with van der Waals surface area (Å²) in [6, 6.07) is 29.6. The molecule has 1 nitrogen and oxygen atoms in total. The Morgan fingerprint density at radius 1 is 0.750 bits per heavy atom. The Bertz CT molecular complexity index is 840. The molecule has 0 fully saturated rings. The lowest BCUT2D eigenvalue weighted by Gasteiger charge is -2.13. The van der Waals surface area contributed by atoms with E-state index >= 15 is 0 Å². The first-order valence-electron chi connectivity index (χ1n) is 8.03. The van der Waals surface area contributed by atoms with Gasteiger partial charge in [-0.1, -0.05) is 84.8 Å². The van der Waals surface area contributed by atoms with Gasteiger partial charge >= 0.3 is 0 Å². The van der Waals surface area contributed by atoms with Gasteiger partial charge in [-0.25, -0.2) is 0 Å². The highest BCUT2D eigenvalue weighted by molar-refractivity contribution is 6.01. The summed E-state index contributed by atoms with van der Waals surface area (Å²) in [5.41, 5.74) is 3.01. The number of hydrogen-bond donors (Lipinski definition) is 0. The van der Waals surface area contributed by atoms with Crippen LogP contribution in [0.4, 0.5) is 0 Å². The average Bonchev–Trinajstić information content (AvgIpc) is 2.66. The molecular weight excluding hydrogens is 292 g/mol. The van der Waals surface area contributed by atoms with Crippen molar-refractivity contribution in [2.45, 2.75) is 12.3 Å². The second kappa shape index (κ2) is 7.94. The van der Waals surface area contributed by atoms with E-state index in [9.17, 15) is 4.79 Å². The monoisotopic (exact) mass is 310 g/mol. The van der Waals surface area contributed by atoms with Crippen LogP contribution in [-0.2, 0) is 11.2 Å². The smallest absolute Gasteiger partial charge is 0.213 e. The van der Waals surface area contributed by atoms with Crippen molar-refractivity contribution in [2.75, 3.05) is 0 Å². The van der Waals surface area contributed by atoms with Crippen LogP contribution in [0, 0.1) is 11.8 Å². The standard InChI is InChI=1S/C23H18O/c24-23(17-16-19-10-4-1-5-11-19)22(21-14-8-3-9-15-21)18-20-12-6-2-7-13-20/h1-15,22H,18H2. The quantitative estimate of drug-likeness (QED) is 0.642. The maximum absolute atomic E-state index is 12.7. The Morgan fingerprint density at radius 2 is 1.29 bits per heavy atom. The third-order valence-corrected chi connectivity index (χ3v) is 3.90. The van der Waals surface area contributed by atoms with E-state index in [-0.39, 0.29) is 11.7 Å². The summed E-state index contributed by atoms with van der Waals surface area (Å²) in [5, 5.41) is 0. The first kappa shape index (κ1) is 15.8. The number of hydrogen-bond acceptors (Lipinski definition) is 1. The zero-order valence-corrected chi connectivity index (χ0v) is 13.4. The molecule has 0 heterocycles. The van der Waals surface area contributed by atoms with Gasteiger partial charge in [0.15, 0.2) is 0 Å². The molecule has 1 heteroatoms. The fourth-order valence-electron chi connectivity index (χ4n) is 2.64. The normalized spacial score (nSPS) is 11.2. The molecule has 0 spiro atoms. The molecule has 1 atom stereocenters. The number of rotatable bonds is 4. The fourth-order valence-corrected chi connectivity index (χ4v) is 2.64. The van der Waals surface area contributed by atoms with Gasteiger partial charge in [0.05, 0.1) is 5.92 Å². The number of benzene rings is 3. The van der Waals surface area contributed by atoms with Gasteiger partial charge in [0.1, 0.15) is 0 Å². The minimum absolute atomic E-state index is 0.0473. The van der Waals surface area contributed by atoms with E-state index in [0.717, 1.165) is 16.7 Å². The molecule has 0 saturated carbocycles. The lowest BCUT2D eigenvalue weighted by molar-refractivity contribution is -0.115.